The lowest BCUT2D eigenvalue weighted by atomic mass is 10.1. The van der Waals surface area contributed by atoms with E-state index in [1.54, 1.807) is 7.05 Å². The maximum Gasteiger partial charge on any atom is 0.191 e. The highest BCUT2D eigenvalue weighted by molar-refractivity contribution is 14.0. The van der Waals surface area contributed by atoms with Crippen molar-refractivity contribution >= 4 is 41.0 Å². The molecule has 1 aromatic heterocycles. The molecule has 0 amide bonds. The number of aromatic nitrogens is 2. The maximum atomic E-state index is 5.64. The van der Waals surface area contributed by atoms with E-state index in [1.165, 1.54) is 11.1 Å². The van der Waals surface area contributed by atoms with Gasteiger partial charge in [-0.2, -0.15) is 0 Å². The number of benzene rings is 2. The first-order valence-electron chi connectivity index (χ1n) is 9.85. The van der Waals surface area contributed by atoms with Gasteiger partial charge in [-0.3, -0.25) is 4.99 Å². The van der Waals surface area contributed by atoms with Crippen LogP contribution in [0, 0.1) is 0 Å². The average Bonchev–Trinajstić information content (AvgIpc) is 3.40. The Hall–Kier alpha value is -2.13. The van der Waals surface area contributed by atoms with Crippen LogP contribution < -0.4 is 10.6 Å². The van der Waals surface area contributed by atoms with Crippen molar-refractivity contribution in [2.75, 3.05) is 20.2 Å². The van der Waals surface area contributed by atoms with Crippen molar-refractivity contribution in [1.29, 1.82) is 0 Å². The van der Waals surface area contributed by atoms with Gasteiger partial charge in [0.15, 0.2) is 5.96 Å². The zero-order valence-electron chi connectivity index (χ0n) is 16.7. The highest BCUT2D eigenvalue weighted by Crippen LogP contribution is 2.14. The second-order valence-electron chi connectivity index (χ2n) is 7.12. The fraction of sp³-hybridized carbons (Fsp3) is 0.364. The Kier molecular flexibility index (Phi) is 7.88. The van der Waals surface area contributed by atoms with Crippen LogP contribution in [0.1, 0.15) is 24.0 Å². The van der Waals surface area contributed by atoms with Gasteiger partial charge >= 0.3 is 0 Å². The first kappa shape index (κ1) is 21.6. The number of fused-ring (bicyclic) bond motifs is 1. The average molecular weight is 505 g/mol. The lowest BCUT2D eigenvalue weighted by Gasteiger charge is -2.15. The number of para-hydroxylation sites is 2. The minimum atomic E-state index is 0. The monoisotopic (exact) mass is 505 g/mol. The Balaban J connectivity index is 0.00000240. The molecule has 1 saturated heterocycles. The normalized spacial score (nSPS) is 16.6. The van der Waals surface area contributed by atoms with Gasteiger partial charge in [-0.1, -0.05) is 36.4 Å². The summed E-state index contributed by atoms with van der Waals surface area (Å²) in [7, 11) is 1.80. The number of nitrogens with one attached hydrogen (secondary N) is 2. The lowest BCUT2D eigenvalue weighted by molar-refractivity contribution is 0.114. The Morgan fingerprint density at radius 3 is 2.69 bits per heavy atom. The van der Waals surface area contributed by atoms with E-state index in [2.05, 4.69) is 61.6 Å². The van der Waals surface area contributed by atoms with E-state index in [4.69, 9.17) is 4.74 Å². The van der Waals surface area contributed by atoms with Crippen molar-refractivity contribution in [3.8, 4) is 0 Å². The maximum absolute atomic E-state index is 5.64. The highest BCUT2D eigenvalue weighted by atomic mass is 127. The molecule has 6 nitrogen and oxygen atoms in total. The largest absolute Gasteiger partial charge is 0.376 e. The zero-order chi connectivity index (χ0) is 19.2. The smallest absolute Gasteiger partial charge is 0.191 e. The molecule has 154 valence electrons. The molecule has 1 unspecified atom stereocenters. The zero-order valence-corrected chi connectivity index (χ0v) is 19.0. The van der Waals surface area contributed by atoms with Gasteiger partial charge in [-0.25, -0.2) is 4.98 Å². The number of halogens is 1. The minimum absolute atomic E-state index is 0. The van der Waals surface area contributed by atoms with E-state index in [-0.39, 0.29) is 24.0 Å². The molecule has 2 N–H and O–H groups in total. The Labute approximate surface area is 188 Å². The SMILES string of the molecule is CN=C(NCc1ccc(Cn2cnc3ccccc32)cc1)NCC1CCCO1.I. The number of guanidine groups is 1. The van der Waals surface area contributed by atoms with E-state index < -0.39 is 0 Å². The molecule has 4 rings (SSSR count). The molecule has 0 spiro atoms. The van der Waals surface area contributed by atoms with Gasteiger partial charge < -0.3 is 19.9 Å². The molecule has 1 atom stereocenters. The third kappa shape index (κ3) is 5.70. The fourth-order valence-electron chi connectivity index (χ4n) is 3.52. The molecule has 0 radical (unpaired) electrons. The first-order chi connectivity index (χ1) is 13.8. The second-order valence-corrected chi connectivity index (χ2v) is 7.12. The van der Waals surface area contributed by atoms with Crippen molar-refractivity contribution in [2.45, 2.75) is 32.0 Å². The Morgan fingerprint density at radius 1 is 1.14 bits per heavy atom. The van der Waals surface area contributed by atoms with Gasteiger partial charge in [0.1, 0.15) is 0 Å². The van der Waals surface area contributed by atoms with Crippen molar-refractivity contribution in [2.24, 2.45) is 4.99 Å². The summed E-state index contributed by atoms with van der Waals surface area (Å²) in [6.45, 7) is 3.23. The van der Waals surface area contributed by atoms with Gasteiger partial charge in [0.05, 0.1) is 23.5 Å². The molecule has 0 bridgehead atoms. The summed E-state index contributed by atoms with van der Waals surface area (Å²) in [5.74, 6) is 0.810. The van der Waals surface area contributed by atoms with Crippen molar-refractivity contribution < 1.29 is 4.74 Å². The third-order valence-electron chi connectivity index (χ3n) is 5.11. The van der Waals surface area contributed by atoms with E-state index in [1.807, 2.05) is 18.5 Å². The first-order valence-corrected chi connectivity index (χ1v) is 9.85. The molecule has 0 aliphatic carbocycles. The number of rotatable bonds is 6. The summed E-state index contributed by atoms with van der Waals surface area (Å²) < 4.78 is 7.82. The van der Waals surface area contributed by atoms with Crippen LogP contribution in [0.3, 0.4) is 0 Å². The summed E-state index contributed by atoms with van der Waals surface area (Å²) in [6, 6.07) is 16.9. The summed E-state index contributed by atoms with van der Waals surface area (Å²) in [5.41, 5.74) is 4.67. The van der Waals surface area contributed by atoms with Crippen LogP contribution in [-0.2, 0) is 17.8 Å². The quantitative estimate of drug-likeness (QED) is 0.306. The van der Waals surface area contributed by atoms with Crippen LogP contribution in [-0.4, -0.2) is 41.8 Å². The highest BCUT2D eigenvalue weighted by Gasteiger charge is 2.15. The molecular formula is C22H28IN5O. The lowest BCUT2D eigenvalue weighted by Crippen LogP contribution is -2.40. The molecule has 2 heterocycles. The number of nitrogens with zero attached hydrogens (tertiary/aromatic N) is 3. The van der Waals surface area contributed by atoms with Crippen LogP contribution in [0.5, 0.6) is 0 Å². The number of imidazole rings is 1. The van der Waals surface area contributed by atoms with Crippen LogP contribution >= 0.6 is 24.0 Å². The number of aliphatic imine (C=N–C) groups is 1. The van der Waals surface area contributed by atoms with Crippen LogP contribution in [0.4, 0.5) is 0 Å². The number of ether oxygens (including phenoxy) is 1. The van der Waals surface area contributed by atoms with Crippen LogP contribution in [0.2, 0.25) is 0 Å². The molecule has 3 aromatic rings. The summed E-state index contributed by atoms with van der Waals surface area (Å²) in [4.78, 5) is 8.75. The van der Waals surface area contributed by atoms with Crippen LogP contribution in [0.15, 0.2) is 59.9 Å². The standard InChI is InChI=1S/C22H27N5O.HI/c1-23-22(25-14-19-5-4-12-28-19)24-13-17-8-10-18(11-9-17)15-27-16-26-20-6-2-3-7-21(20)27;/h2-3,6-11,16,19H,4-5,12-15H2,1H3,(H2,23,24,25);1H. The molecule has 1 fully saturated rings. The van der Waals surface area contributed by atoms with Gasteiger partial charge in [-0.15, -0.1) is 24.0 Å². The van der Waals surface area contributed by atoms with Gasteiger partial charge in [0.25, 0.3) is 0 Å². The van der Waals surface area contributed by atoms with Crippen LogP contribution in [0.25, 0.3) is 11.0 Å². The van der Waals surface area contributed by atoms with Crippen molar-refractivity contribution in [3.05, 3.63) is 66.0 Å². The molecule has 0 saturated carbocycles. The molecule has 1 aliphatic heterocycles. The van der Waals surface area contributed by atoms with E-state index in [9.17, 15) is 0 Å². The molecule has 1 aliphatic rings. The molecule has 2 aromatic carbocycles. The number of hydrogen-bond acceptors (Lipinski definition) is 3. The van der Waals surface area contributed by atoms with Gasteiger partial charge in [0, 0.05) is 33.3 Å². The van der Waals surface area contributed by atoms with E-state index in [0.717, 1.165) is 56.1 Å². The van der Waals surface area contributed by atoms with Gasteiger partial charge in [-0.05, 0) is 36.1 Å². The fourth-order valence-corrected chi connectivity index (χ4v) is 3.52. The predicted molar refractivity (Wildman–Crippen MR) is 128 cm³/mol. The summed E-state index contributed by atoms with van der Waals surface area (Å²) >= 11 is 0. The summed E-state index contributed by atoms with van der Waals surface area (Å²) in [5, 5.41) is 6.71. The Morgan fingerprint density at radius 2 is 1.93 bits per heavy atom. The molecular weight excluding hydrogens is 477 g/mol. The second kappa shape index (κ2) is 10.6. The minimum Gasteiger partial charge on any atom is -0.376 e. The van der Waals surface area contributed by atoms with Crippen molar-refractivity contribution in [3.63, 3.8) is 0 Å². The predicted octanol–water partition coefficient (Wildman–Crippen LogP) is 3.55. The van der Waals surface area contributed by atoms with Crippen molar-refractivity contribution in [1.82, 2.24) is 20.2 Å². The topological polar surface area (TPSA) is 63.5 Å². The number of hydrogen-bond donors (Lipinski definition) is 2. The molecule has 29 heavy (non-hydrogen) atoms. The van der Waals surface area contributed by atoms with Gasteiger partial charge in [0.2, 0.25) is 0 Å². The van der Waals surface area contributed by atoms with E-state index in [0.29, 0.717) is 6.10 Å². The Bertz CT molecular complexity index is 932. The van der Waals surface area contributed by atoms with E-state index >= 15 is 0 Å². The summed E-state index contributed by atoms with van der Waals surface area (Å²) in [6.07, 6.45) is 4.48. The third-order valence-corrected chi connectivity index (χ3v) is 5.11. The molecule has 7 heteroatoms.